The number of piperidine rings is 1. The third kappa shape index (κ3) is 3.09. The zero-order chi connectivity index (χ0) is 15.4. The predicted octanol–water partition coefficient (Wildman–Crippen LogP) is 2.82. The quantitative estimate of drug-likeness (QED) is 0.863. The molecule has 22 heavy (non-hydrogen) atoms. The van der Waals surface area contributed by atoms with Crippen LogP contribution in [0.2, 0.25) is 0 Å². The van der Waals surface area contributed by atoms with E-state index in [1.165, 1.54) is 19.3 Å². The topological polar surface area (TPSA) is 54.6 Å². The van der Waals surface area contributed by atoms with Gasteiger partial charge in [0, 0.05) is 17.4 Å². The van der Waals surface area contributed by atoms with Crippen LogP contribution in [0.3, 0.4) is 0 Å². The number of nitrogens with zero attached hydrogens (tertiary/aromatic N) is 1. The summed E-state index contributed by atoms with van der Waals surface area (Å²) in [4.78, 5) is 17.9. The van der Waals surface area contributed by atoms with Crippen LogP contribution in [-0.2, 0) is 4.74 Å². The number of rotatable bonds is 5. The molecular weight excluding hydrogens is 280 g/mol. The van der Waals surface area contributed by atoms with Crippen LogP contribution in [0.5, 0.6) is 5.88 Å². The number of hydrogen-bond donors (Lipinski definition) is 1. The Morgan fingerprint density at radius 1 is 1.23 bits per heavy atom. The van der Waals surface area contributed by atoms with Gasteiger partial charge in [-0.05, 0) is 32.0 Å². The van der Waals surface area contributed by atoms with E-state index in [2.05, 4.69) is 9.88 Å². The Bertz CT molecular complexity index is 644. The fraction of sp³-hybridized carbons (Fsp3) is 0.471. The number of nitrogens with one attached hydrogen (secondary N) is 1. The van der Waals surface area contributed by atoms with Crippen LogP contribution in [0.4, 0.5) is 0 Å². The number of likely N-dealkylation sites (tertiary alicyclic amines) is 1. The molecule has 2 aromatic rings. The maximum absolute atomic E-state index is 12.4. The SMILES string of the molecule is COc1[nH]c2ccccc2c1C(=O)OCCN1CCCCC1. The summed E-state index contributed by atoms with van der Waals surface area (Å²) in [6.45, 7) is 3.43. The molecule has 5 heteroatoms. The molecule has 2 heterocycles. The second-order valence-electron chi connectivity index (χ2n) is 5.62. The molecule has 1 fully saturated rings. The fourth-order valence-electron chi connectivity index (χ4n) is 3.00. The molecular formula is C17H22N2O3. The average Bonchev–Trinajstić information content (AvgIpc) is 2.94. The molecule has 1 aromatic heterocycles. The summed E-state index contributed by atoms with van der Waals surface area (Å²) in [6.07, 6.45) is 3.79. The minimum Gasteiger partial charge on any atom is -0.482 e. The Kier molecular flexibility index (Phi) is 4.63. The molecule has 0 amide bonds. The van der Waals surface area contributed by atoms with E-state index in [0.29, 0.717) is 18.1 Å². The highest BCUT2D eigenvalue weighted by Gasteiger charge is 2.21. The number of para-hydroxylation sites is 1. The lowest BCUT2D eigenvalue weighted by atomic mass is 10.1. The second-order valence-corrected chi connectivity index (χ2v) is 5.62. The summed E-state index contributed by atoms with van der Waals surface area (Å²) >= 11 is 0. The van der Waals surface area contributed by atoms with Gasteiger partial charge < -0.3 is 14.5 Å². The van der Waals surface area contributed by atoms with E-state index in [4.69, 9.17) is 9.47 Å². The Morgan fingerprint density at radius 2 is 2.00 bits per heavy atom. The molecule has 1 aliphatic rings. The molecule has 118 valence electrons. The summed E-state index contributed by atoms with van der Waals surface area (Å²) in [6, 6.07) is 7.64. The molecule has 1 saturated heterocycles. The minimum absolute atomic E-state index is 0.327. The molecule has 0 spiro atoms. The number of hydrogen-bond acceptors (Lipinski definition) is 4. The van der Waals surface area contributed by atoms with Gasteiger partial charge in [-0.3, -0.25) is 4.90 Å². The molecule has 1 N–H and O–H groups in total. The largest absolute Gasteiger partial charge is 0.482 e. The minimum atomic E-state index is -0.327. The molecule has 0 bridgehead atoms. The van der Waals surface area contributed by atoms with Crippen molar-refractivity contribution in [3.05, 3.63) is 29.8 Å². The van der Waals surface area contributed by atoms with Gasteiger partial charge in [-0.1, -0.05) is 24.6 Å². The van der Waals surface area contributed by atoms with E-state index in [9.17, 15) is 4.79 Å². The standard InChI is InChI=1S/C17H22N2O3/c1-21-16-15(13-7-3-4-8-14(13)18-16)17(20)22-12-11-19-9-5-2-6-10-19/h3-4,7-8,18H,2,5-6,9-12H2,1H3. The van der Waals surface area contributed by atoms with Gasteiger partial charge in [0.2, 0.25) is 5.88 Å². The molecule has 1 aromatic carbocycles. The van der Waals surface area contributed by atoms with E-state index in [1.807, 2.05) is 24.3 Å². The summed E-state index contributed by atoms with van der Waals surface area (Å²) in [5, 5.41) is 0.835. The zero-order valence-corrected chi connectivity index (χ0v) is 12.9. The van der Waals surface area contributed by atoms with Crippen molar-refractivity contribution in [1.29, 1.82) is 0 Å². The molecule has 5 nitrogen and oxygen atoms in total. The van der Waals surface area contributed by atoms with Gasteiger partial charge in [-0.2, -0.15) is 0 Å². The van der Waals surface area contributed by atoms with Crippen LogP contribution < -0.4 is 4.74 Å². The number of methoxy groups -OCH3 is 1. The number of aromatic amines is 1. The first-order valence-corrected chi connectivity index (χ1v) is 7.84. The summed E-state index contributed by atoms with van der Waals surface area (Å²) in [5.74, 6) is 0.135. The summed E-state index contributed by atoms with van der Waals surface area (Å²) < 4.78 is 10.7. The van der Waals surface area contributed by atoms with Crippen molar-refractivity contribution in [2.45, 2.75) is 19.3 Å². The molecule has 0 atom stereocenters. The lowest BCUT2D eigenvalue weighted by Gasteiger charge is -2.25. The zero-order valence-electron chi connectivity index (χ0n) is 12.9. The first-order chi connectivity index (χ1) is 10.8. The molecule has 0 unspecified atom stereocenters. The Labute approximate surface area is 130 Å². The van der Waals surface area contributed by atoms with Crippen molar-refractivity contribution in [3.63, 3.8) is 0 Å². The smallest absolute Gasteiger partial charge is 0.344 e. The van der Waals surface area contributed by atoms with E-state index >= 15 is 0 Å². The van der Waals surface area contributed by atoms with Gasteiger partial charge in [0.05, 0.1) is 7.11 Å². The van der Waals surface area contributed by atoms with Gasteiger partial charge in [-0.15, -0.1) is 0 Å². The lowest BCUT2D eigenvalue weighted by Crippen LogP contribution is -2.33. The maximum Gasteiger partial charge on any atom is 0.344 e. The predicted molar refractivity (Wildman–Crippen MR) is 85.4 cm³/mol. The summed E-state index contributed by atoms with van der Waals surface area (Å²) in [5.41, 5.74) is 1.36. The van der Waals surface area contributed by atoms with Crippen molar-refractivity contribution < 1.29 is 14.3 Å². The third-order valence-electron chi connectivity index (χ3n) is 4.17. The summed E-state index contributed by atoms with van der Waals surface area (Å²) in [7, 11) is 1.55. The van der Waals surface area contributed by atoms with Gasteiger partial charge in [0.15, 0.2) is 0 Å². The highest BCUT2D eigenvalue weighted by atomic mass is 16.5. The highest BCUT2D eigenvalue weighted by molar-refractivity contribution is 6.06. The van der Waals surface area contributed by atoms with Crippen molar-refractivity contribution in [3.8, 4) is 5.88 Å². The number of carbonyl (C=O) groups is 1. The number of H-pyrrole nitrogens is 1. The number of carbonyl (C=O) groups excluding carboxylic acids is 1. The lowest BCUT2D eigenvalue weighted by molar-refractivity contribution is 0.0451. The Balaban J connectivity index is 1.66. The molecule has 0 saturated carbocycles. The van der Waals surface area contributed by atoms with Gasteiger partial charge in [0.1, 0.15) is 12.2 Å². The van der Waals surface area contributed by atoms with E-state index in [-0.39, 0.29) is 5.97 Å². The number of ether oxygens (including phenoxy) is 2. The number of fused-ring (bicyclic) bond motifs is 1. The van der Waals surface area contributed by atoms with Crippen molar-refractivity contribution in [2.24, 2.45) is 0 Å². The normalized spacial score (nSPS) is 15.9. The molecule has 1 aliphatic heterocycles. The van der Waals surface area contributed by atoms with Crippen molar-refractivity contribution in [2.75, 3.05) is 33.4 Å². The molecule has 0 radical (unpaired) electrons. The monoisotopic (exact) mass is 302 g/mol. The van der Waals surface area contributed by atoms with Gasteiger partial charge in [-0.25, -0.2) is 4.79 Å². The van der Waals surface area contributed by atoms with E-state index in [1.54, 1.807) is 7.11 Å². The number of esters is 1. The Hall–Kier alpha value is -2.01. The van der Waals surface area contributed by atoms with Gasteiger partial charge in [0.25, 0.3) is 0 Å². The second kappa shape index (κ2) is 6.83. The van der Waals surface area contributed by atoms with Crippen LogP contribution in [0.25, 0.3) is 10.9 Å². The van der Waals surface area contributed by atoms with Gasteiger partial charge >= 0.3 is 5.97 Å². The third-order valence-corrected chi connectivity index (χ3v) is 4.17. The first kappa shape index (κ1) is 14.9. The van der Waals surface area contributed by atoms with Crippen LogP contribution >= 0.6 is 0 Å². The highest BCUT2D eigenvalue weighted by Crippen LogP contribution is 2.28. The first-order valence-electron chi connectivity index (χ1n) is 7.84. The Morgan fingerprint density at radius 3 is 2.77 bits per heavy atom. The van der Waals surface area contributed by atoms with Crippen molar-refractivity contribution in [1.82, 2.24) is 9.88 Å². The fourth-order valence-corrected chi connectivity index (χ4v) is 3.00. The van der Waals surface area contributed by atoms with Crippen LogP contribution in [0, 0.1) is 0 Å². The van der Waals surface area contributed by atoms with Crippen LogP contribution in [0.15, 0.2) is 24.3 Å². The van der Waals surface area contributed by atoms with E-state index in [0.717, 1.165) is 30.5 Å². The van der Waals surface area contributed by atoms with E-state index < -0.39 is 0 Å². The molecule has 3 rings (SSSR count). The number of benzene rings is 1. The molecule has 0 aliphatic carbocycles. The maximum atomic E-state index is 12.4. The van der Waals surface area contributed by atoms with Crippen LogP contribution in [-0.4, -0.2) is 49.2 Å². The van der Waals surface area contributed by atoms with Crippen LogP contribution in [0.1, 0.15) is 29.6 Å². The average molecular weight is 302 g/mol. The number of aromatic nitrogens is 1. The van der Waals surface area contributed by atoms with Crippen molar-refractivity contribution >= 4 is 16.9 Å².